The molecule has 0 atom stereocenters. The lowest BCUT2D eigenvalue weighted by molar-refractivity contribution is -0.140. The average molecular weight is 426 g/mol. The topological polar surface area (TPSA) is 77.6 Å². The first-order valence-electron chi connectivity index (χ1n) is 8.09. The highest BCUT2D eigenvalue weighted by molar-refractivity contribution is 7.20. The van der Waals surface area contributed by atoms with Crippen LogP contribution in [0.5, 0.6) is 0 Å². The summed E-state index contributed by atoms with van der Waals surface area (Å²) in [4.78, 5) is 17.3. The number of halogens is 3. The van der Waals surface area contributed by atoms with E-state index in [9.17, 15) is 18.0 Å². The highest BCUT2D eigenvalue weighted by Crippen LogP contribution is 2.37. The lowest BCUT2D eigenvalue weighted by Gasteiger charge is -2.01. The number of thiophene rings is 1. The van der Waals surface area contributed by atoms with Crippen LogP contribution in [0.4, 0.5) is 18.3 Å². The Balaban J connectivity index is 1.57. The second kappa shape index (κ2) is 6.71. The molecule has 4 aromatic heterocycles. The second-order valence-corrected chi connectivity index (χ2v) is 7.76. The number of aryl methyl sites for hydroxylation is 2. The van der Waals surface area contributed by atoms with Gasteiger partial charge in [-0.25, -0.2) is 4.98 Å². The number of fused-ring (bicyclic) bond motifs is 1. The fourth-order valence-corrected chi connectivity index (χ4v) is 4.34. The molecule has 0 aliphatic rings. The number of amides is 1. The van der Waals surface area contributed by atoms with Crippen LogP contribution < -0.4 is 5.32 Å². The first-order chi connectivity index (χ1) is 13.3. The van der Waals surface area contributed by atoms with E-state index in [1.807, 2.05) is 13.1 Å². The van der Waals surface area contributed by atoms with Crippen LogP contribution >= 0.6 is 22.7 Å². The van der Waals surface area contributed by atoms with E-state index in [2.05, 4.69) is 20.5 Å². The van der Waals surface area contributed by atoms with E-state index in [1.54, 1.807) is 16.3 Å². The van der Waals surface area contributed by atoms with Crippen LogP contribution in [0, 0.1) is 0 Å². The molecule has 0 aromatic carbocycles. The molecule has 0 aliphatic heterocycles. The third kappa shape index (κ3) is 3.29. The minimum absolute atomic E-state index is 0.0862. The largest absolute Gasteiger partial charge is 0.435 e. The summed E-state index contributed by atoms with van der Waals surface area (Å²) in [6.45, 7) is 2.70. The third-order valence-corrected chi connectivity index (χ3v) is 5.94. The maximum Gasteiger partial charge on any atom is 0.435 e. The van der Waals surface area contributed by atoms with Gasteiger partial charge in [0.2, 0.25) is 0 Å². The van der Waals surface area contributed by atoms with Gasteiger partial charge in [-0.2, -0.15) is 23.4 Å². The van der Waals surface area contributed by atoms with E-state index in [4.69, 9.17) is 0 Å². The van der Waals surface area contributed by atoms with Crippen LogP contribution in [0.3, 0.4) is 0 Å². The second-order valence-electron chi connectivity index (χ2n) is 5.88. The van der Waals surface area contributed by atoms with E-state index >= 15 is 0 Å². The number of nitrogens with zero attached hydrogens (tertiary/aromatic N) is 5. The summed E-state index contributed by atoms with van der Waals surface area (Å²) >= 11 is 2.18. The number of hydrogen-bond acceptors (Lipinski definition) is 6. The summed E-state index contributed by atoms with van der Waals surface area (Å²) in [7, 11) is 1.42. The fourth-order valence-electron chi connectivity index (χ4n) is 2.65. The maximum atomic E-state index is 13.1. The van der Waals surface area contributed by atoms with Gasteiger partial charge in [0.15, 0.2) is 10.8 Å². The smallest absolute Gasteiger partial charge is 0.297 e. The molecule has 0 radical (unpaired) electrons. The van der Waals surface area contributed by atoms with Crippen molar-refractivity contribution in [2.75, 3.05) is 5.32 Å². The highest BCUT2D eigenvalue weighted by Gasteiger charge is 2.37. The molecule has 0 bridgehead atoms. The van der Waals surface area contributed by atoms with Crippen LogP contribution in [0.15, 0.2) is 23.8 Å². The predicted molar refractivity (Wildman–Crippen MR) is 101 cm³/mol. The molecule has 0 unspecified atom stereocenters. The van der Waals surface area contributed by atoms with Crippen molar-refractivity contribution < 1.29 is 18.0 Å². The molecule has 146 valence electrons. The van der Waals surface area contributed by atoms with Crippen molar-refractivity contribution in [3.8, 4) is 11.3 Å². The van der Waals surface area contributed by atoms with Gasteiger partial charge in [-0.1, -0.05) is 0 Å². The van der Waals surface area contributed by atoms with Gasteiger partial charge in [-0.3, -0.25) is 19.5 Å². The van der Waals surface area contributed by atoms with Crippen LogP contribution in [-0.4, -0.2) is 30.5 Å². The van der Waals surface area contributed by atoms with Gasteiger partial charge in [0, 0.05) is 36.1 Å². The molecule has 12 heteroatoms. The van der Waals surface area contributed by atoms with E-state index in [0.717, 1.165) is 28.1 Å². The van der Waals surface area contributed by atoms with Crippen LogP contribution in [0.2, 0.25) is 0 Å². The van der Waals surface area contributed by atoms with Gasteiger partial charge in [0.25, 0.3) is 5.91 Å². The van der Waals surface area contributed by atoms with Gasteiger partial charge in [0.1, 0.15) is 4.83 Å². The third-order valence-electron chi connectivity index (χ3n) is 3.98. The molecule has 1 N–H and O–H groups in total. The van der Waals surface area contributed by atoms with Crippen molar-refractivity contribution in [3.05, 3.63) is 34.4 Å². The van der Waals surface area contributed by atoms with Crippen LogP contribution in [0.25, 0.3) is 21.5 Å². The Hall–Kier alpha value is -2.73. The van der Waals surface area contributed by atoms with Gasteiger partial charge in [0.05, 0.1) is 16.8 Å². The number of rotatable bonds is 4. The number of anilines is 1. The summed E-state index contributed by atoms with van der Waals surface area (Å²) in [5.41, 5.74) is 0.492. The monoisotopic (exact) mass is 426 g/mol. The molecule has 0 saturated carbocycles. The summed E-state index contributed by atoms with van der Waals surface area (Å²) in [5.74, 6) is -0.514. The molecule has 28 heavy (non-hydrogen) atoms. The minimum atomic E-state index is -4.58. The minimum Gasteiger partial charge on any atom is -0.297 e. The van der Waals surface area contributed by atoms with Crippen molar-refractivity contribution in [2.45, 2.75) is 19.6 Å². The number of carbonyl (C=O) groups excluding carboxylic acids is 1. The Morgan fingerprint density at radius 3 is 2.82 bits per heavy atom. The van der Waals surface area contributed by atoms with Crippen molar-refractivity contribution in [3.63, 3.8) is 0 Å². The Bertz CT molecular complexity index is 1170. The standard InChI is InChI=1S/C16H13F3N6OS2/c1-3-25-6-8(5-20-25)10-7-27-15(21-10)22-13(26)11-4-9-12(16(17,18)19)23-24(2)14(9)28-11/h4-7H,3H2,1-2H3,(H,21,22,26). The SMILES string of the molecule is CCn1cc(-c2csc(NC(=O)c3cc4c(C(F)(F)F)nn(C)c4s3)n2)cn1. The molecule has 0 saturated heterocycles. The van der Waals surface area contributed by atoms with Crippen LogP contribution in [0.1, 0.15) is 22.3 Å². The maximum absolute atomic E-state index is 13.1. The molecule has 0 fully saturated rings. The number of alkyl halides is 3. The number of nitrogens with one attached hydrogen (secondary N) is 1. The van der Waals surface area contributed by atoms with Gasteiger partial charge in [-0.15, -0.1) is 22.7 Å². The highest BCUT2D eigenvalue weighted by atomic mass is 32.1. The lowest BCUT2D eigenvalue weighted by atomic mass is 10.3. The van der Waals surface area contributed by atoms with E-state index in [-0.39, 0.29) is 15.1 Å². The molecule has 7 nitrogen and oxygen atoms in total. The van der Waals surface area contributed by atoms with Gasteiger partial charge >= 0.3 is 6.18 Å². The number of carbonyl (C=O) groups is 1. The average Bonchev–Trinajstić information content (AvgIpc) is 3.38. The van der Waals surface area contributed by atoms with E-state index in [1.165, 1.54) is 24.5 Å². The Kier molecular flexibility index (Phi) is 4.46. The summed E-state index contributed by atoms with van der Waals surface area (Å²) in [5, 5.41) is 12.4. The van der Waals surface area contributed by atoms with Crippen LogP contribution in [-0.2, 0) is 19.8 Å². The summed E-state index contributed by atoms with van der Waals surface area (Å²) < 4.78 is 42.2. The quantitative estimate of drug-likeness (QED) is 0.529. The number of thiazole rings is 1. The Morgan fingerprint density at radius 2 is 2.14 bits per heavy atom. The number of aromatic nitrogens is 5. The van der Waals surface area contributed by atoms with Crippen molar-refractivity contribution >= 4 is 43.9 Å². The fraction of sp³-hybridized carbons (Fsp3) is 0.250. The van der Waals surface area contributed by atoms with Crippen molar-refractivity contribution in [1.82, 2.24) is 24.5 Å². The number of hydrogen-bond donors (Lipinski definition) is 1. The predicted octanol–water partition coefficient (Wildman–Crippen LogP) is 4.25. The first kappa shape index (κ1) is 18.6. The van der Waals surface area contributed by atoms with E-state index < -0.39 is 17.8 Å². The van der Waals surface area contributed by atoms with E-state index in [0.29, 0.717) is 10.8 Å². The first-order valence-corrected chi connectivity index (χ1v) is 9.79. The summed E-state index contributed by atoms with van der Waals surface area (Å²) in [6.07, 6.45) is -1.05. The van der Waals surface area contributed by atoms with Crippen molar-refractivity contribution in [1.29, 1.82) is 0 Å². The van der Waals surface area contributed by atoms with Gasteiger partial charge < -0.3 is 0 Å². The zero-order valence-electron chi connectivity index (χ0n) is 14.6. The molecule has 4 heterocycles. The summed E-state index contributed by atoms with van der Waals surface area (Å²) in [6, 6.07) is 1.21. The van der Waals surface area contributed by atoms with Gasteiger partial charge in [-0.05, 0) is 13.0 Å². The molecule has 1 amide bonds. The molecular formula is C16H13F3N6OS2. The Morgan fingerprint density at radius 1 is 1.36 bits per heavy atom. The zero-order valence-corrected chi connectivity index (χ0v) is 16.2. The Labute approximate surface area is 164 Å². The van der Waals surface area contributed by atoms with Crippen molar-refractivity contribution in [2.24, 2.45) is 7.05 Å². The molecule has 4 aromatic rings. The molecular weight excluding hydrogens is 413 g/mol. The normalized spacial score (nSPS) is 12.0. The molecule has 4 rings (SSSR count). The molecule has 0 aliphatic carbocycles. The molecule has 0 spiro atoms. The zero-order chi connectivity index (χ0) is 20.1. The lowest BCUT2D eigenvalue weighted by Crippen LogP contribution is -2.10.